The first-order valence-electron chi connectivity index (χ1n) is 5.97. The average Bonchev–Trinajstić information content (AvgIpc) is 2.87. The SMILES string of the molecule is C=CC(=O)NC(CCSC)c1nnc2ccccn12. The Bertz CT molecular complexity index is 581. The molecule has 0 saturated heterocycles. The van der Waals surface area contributed by atoms with Crippen molar-refractivity contribution < 1.29 is 4.79 Å². The first kappa shape index (κ1) is 13.6. The van der Waals surface area contributed by atoms with Crippen molar-refractivity contribution in [1.29, 1.82) is 0 Å². The van der Waals surface area contributed by atoms with E-state index in [1.807, 2.05) is 35.1 Å². The second-order valence-corrected chi connectivity index (χ2v) is 5.02. The quantitative estimate of drug-likeness (QED) is 0.818. The fourth-order valence-corrected chi connectivity index (χ4v) is 2.30. The molecule has 2 heterocycles. The Kier molecular flexibility index (Phi) is 4.57. The number of pyridine rings is 1. The minimum absolute atomic E-state index is 0.157. The molecule has 5 nitrogen and oxygen atoms in total. The molecule has 19 heavy (non-hydrogen) atoms. The number of rotatable bonds is 6. The van der Waals surface area contributed by atoms with Gasteiger partial charge in [-0.15, -0.1) is 10.2 Å². The minimum Gasteiger partial charge on any atom is -0.342 e. The summed E-state index contributed by atoms with van der Waals surface area (Å²) in [7, 11) is 0. The molecule has 0 fully saturated rings. The third-order valence-corrected chi connectivity index (χ3v) is 3.41. The number of nitrogens with one attached hydrogen (secondary N) is 1. The van der Waals surface area contributed by atoms with Gasteiger partial charge in [-0.25, -0.2) is 0 Å². The standard InChI is InChI=1S/C13H16N4OS/c1-3-12(18)14-10(7-9-19-2)13-16-15-11-6-4-5-8-17(11)13/h3-6,8,10H,1,7,9H2,2H3,(H,14,18). The maximum atomic E-state index is 11.5. The molecular weight excluding hydrogens is 260 g/mol. The number of thioether (sulfide) groups is 1. The van der Waals surface area contributed by atoms with Crippen molar-refractivity contribution >= 4 is 23.3 Å². The Morgan fingerprint density at radius 1 is 1.58 bits per heavy atom. The number of hydrogen-bond donors (Lipinski definition) is 1. The molecule has 0 spiro atoms. The summed E-state index contributed by atoms with van der Waals surface area (Å²) in [5.74, 6) is 1.49. The zero-order chi connectivity index (χ0) is 13.7. The van der Waals surface area contributed by atoms with Crippen LogP contribution >= 0.6 is 11.8 Å². The average molecular weight is 276 g/mol. The lowest BCUT2D eigenvalue weighted by Crippen LogP contribution is -2.28. The van der Waals surface area contributed by atoms with Crippen molar-refractivity contribution in [2.45, 2.75) is 12.5 Å². The van der Waals surface area contributed by atoms with Crippen LogP contribution in [0.5, 0.6) is 0 Å². The number of nitrogens with zero attached hydrogens (tertiary/aromatic N) is 3. The maximum absolute atomic E-state index is 11.5. The highest BCUT2D eigenvalue weighted by Gasteiger charge is 2.18. The van der Waals surface area contributed by atoms with Crippen molar-refractivity contribution in [2.24, 2.45) is 0 Å². The second kappa shape index (κ2) is 6.38. The Morgan fingerprint density at radius 3 is 3.16 bits per heavy atom. The molecule has 0 bridgehead atoms. The van der Waals surface area contributed by atoms with Gasteiger partial charge in [-0.3, -0.25) is 9.20 Å². The van der Waals surface area contributed by atoms with Crippen LogP contribution in [0.3, 0.4) is 0 Å². The van der Waals surface area contributed by atoms with E-state index in [1.165, 1.54) is 6.08 Å². The van der Waals surface area contributed by atoms with Gasteiger partial charge in [0.2, 0.25) is 5.91 Å². The van der Waals surface area contributed by atoms with Gasteiger partial charge in [-0.05, 0) is 36.6 Å². The summed E-state index contributed by atoms with van der Waals surface area (Å²) in [6.07, 6.45) is 6.01. The third-order valence-electron chi connectivity index (χ3n) is 2.76. The number of amides is 1. The number of carbonyl (C=O) groups is 1. The van der Waals surface area contributed by atoms with Gasteiger partial charge in [-0.2, -0.15) is 11.8 Å². The van der Waals surface area contributed by atoms with Gasteiger partial charge in [-0.1, -0.05) is 12.6 Å². The van der Waals surface area contributed by atoms with E-state index in [2.05, 4.69) is 22.1 Å². The van der Waals surface area contributed by atoms with Crippen molar-refractivity contribution in [3.63, 3.8) is 0 Å². The number of fused-ring (bicyclic) bond motifs is 1. The van der Waals surface area contributed by atoms with E-state index in [0.29, 0.717) is 0 Å². The van der Waals surface area contributed by atoms with E-state index in [4.69, 9.17) is 0 Å². The molecule has 2 rings (SSSR count). The zero-order valence-corrected chi connectivity index (χ0v) is 11.6. The molecule has 2 aromatic rings. The molecule has 1 unspecified atom stereocenters. The normalized spacial score (nSPS) is 12.3. The Morgan fingerprint density at radius 2 is 2.42 bits per heavy atom. The summed E-state index contributed by atoms with van der Waals surface area (Å²) >= 11 is 1.73. The summed E-state index contributed by atoms with van der Waals surface area (Å²) in [6, 6.07) is 5.56. The molecule has 1 N–H and O–H groups in total. The van der Waals surface area contributed by atoms with E-state index in [-0.39, 0.29) is 11.9 Å². The topological polar surface area (TPSA) is 59.3 Å². The van der Waals surface area contributed by atoms with Gasteiger partial charge < -0.3 is 5.32 Å². The summed E-state index contributed by atoms with van der Waals surface area (Å²) in [4.78, 5) is 11.5. The third kappa shape index (κ3) is 3.14. The summed E-state index contributed by atoms with van der Waals surface area (Å²) < 4.78 is 1.90. The summed E-state index contributed by atoms with van der Waals surface area (Å²) in [5.41, 5.74) is 0.777. The van der Waals surface area contributed by atoms with Crippen LogP contribution in [0, 0.1) is 0 Å². The Hall–Kier alpha value is -1.82. The minimum atomic E-state index is -0.196. The largest absolute Gasteiger partial charge is 0.342 e. The zero-order valence-electron chi connectivity index (χ0n) is 10.7. The van der Waals surface area contributed by atoms with Gasteiger partial charge in [0.05, 0.1) is 6.04 Å². The lowest BCUT2D eigenvalue weighted by atomic mass is 10.2. The van der Waals surface area contributed by atoms with Crippen LogP contribution in [0.4, 0.5) is 0 Å². The van der Waals surface area contributed by atoms with Crippen molar-refractivity contribution in [2.75, 3.05) is 12.0 Å². The molecule has 2 aromatic heterocycles. The van der Waals surface area contributed by atoms with Crippen LogP contribution in [0.15, 0.2) is 37.1 Å². The Balaban J connectivity index is 2.30. The smallest absolute Gasteiger partial charge is 0.243 e. The lowest BCUT2D eigenvalue weighted by molar-refractivity contribution is -0.117. The second-order valence-electron chi connectivity index (χ2n) is 4.03. The monoisotopic (exact) mass is 276 g/mol. The molecule has 0 aliphatic carbocycles. The molecule has 0 radical (unpaired) electrons. The van der Waals surface area contributed by atoms with Gasteiger partial charge in [0.25, 0.3) is 0 Å². The van der Waals surface area contributed by atoms with E-state index in [9.17, 15) is 4.79 Å². The number of hydrogen-bond acceptors (Lipinski definition) is 4. The van der Waals surface area contributed by atoms with Gasteiger partial charge in [0.15, 0.2) is 11.5 Å². The van der Waals surface area contributed by atoms with Gasteiger partial charge in [0.1, 0.15) is 0 Å². The highest BCUT2D eigenvalue weighted by Crippen LogP contribution is 2.18. The maximum Gasteiger partial charge on any atom is 0.243 e. The van der Waals surface area contributed by atoms with Crippen LogP contribution in [0.1, 0.15) is 18.3 Å². The van der Waals surface area contributed by atoms with E-state index >= 15 is 0 Å². The summed E-state index contributed by atoms with van der Waals surface area (Å²) in [6.45, 7) is 3.48. The van der Waals surface area contributed by atoms with Crippen molar-refractivity contribution in [3.8, 4) is 0 Å². The van der Waals surface area contributed by atoms with E-state index < -0.39 is 0 Å². The fourth-order valence-electron chi connectivity index (χ4n) is 1.83. The predicted molar refractivity (Wildman–Crippen MR) is 77.1 cm³/mol. The van der Waals surface area contributed by atoms with Crippen molar-refractivity contribution in [3.05, 3.63) is 42.9 Å². The predicted octanol–water partition coefficient (Wildman–Crippen LogP) is 1.83. The van der Waals surface area contributed by atoms with E-state index in [1.54, 1.807) is 11.8 Å². The number of aromatic nitrogens is 3. The van der Waals surface area contributed by atoms with Crippen LogP contribution in [-0.4, -0.2) is 32.5 Å². The molecule has 1 amide bonds. The highest BCUT2D eigenvalue weighted by atomic mass is 32.2. The fraction of sp³-hybridized carbons (Fsp3) is 0.308. The molecule has 0 aliphatic heterocycles. The molecule has 6 heteroatoms. The van der Waals surface area contributed by atoms with E-state index in [0.717, 1.165) is 23.6 Å². The molecule has 0 aromatic carbocycles. The first-order chi connectivity index (χ1) is 9.26. The molecule has 0 aliphatic rings. The van der Waals surface area contributed by atoms with Gasteiger partial charge >= 0.3 is 0 Å². The van der Waals surface area contributed by atoms with Crippen LogP contribution in [0.25, 0.3) is 5.65 Å². The highest BCUT2D eigenvalue weighted by molar-refractivity contribution is 7.98. The van der Waals surface area contributed by atoms with Crippen LogP contribution in [-0.2, 0) is 4.79 Å². The molecular formula is C13H16N4OS. The molecule has 1 atom stereocenters. The number of carbonyl (C=O) groups excluding carboxylic acids is 1. The van der Waals surface area contributed by atoms with Crippen LogP contribution < -0.4 is 5.32 Å². The lowest BCUT2D eigenvalue weighted by Gasteiger charge is -2.15. The van der Waals surface area contributed by atoms with Crippen molar-refractivity contribution in [1.82, 2.24) is 19.9 Å². The Labute approximate surface area is 116 Å². The van der Waals surface area contributed by atoms with Crippen LogP contribution in [0.2, 0.25) is 0 Å². The van der Waals surface area contributed by atoms with Gasteiger partial charge in [0, 0.05) is 6.20 Å². The summed E-state index contributed by atoms with van der Waals surface area (Å²) in [5, 5.41) is 11.2. The first-order valence-corrected chi connectivity index (χ1v) is 7.37. The molecule has 100 valence electrons. The molecule has 0 saturated carbocycles.